The number of amides is 1. The number of esters is 1. The number of carbonyl (C=O) groups excluding carboxylic acids is 2. The molecule has 0 fully saturated rings. The zero-order chi connectivity index (χ0) is 20.9. The Bertz CT molecular complexity index is 1130. The third-order valence-corrected chi connectivity index (χ3v) is 6.85. The van der Waals surface area contributed by atoms with Crippen LogP contribution < -0.4 is 10.0 Å². The van der Waals surface area contributed by atoms with Crippen LogP contribution in [0.15, 0.2) is 74.7 Å². The molecule has 3 aromatic rings. The molecule has 3 rings (SSSR count). The molecule has 0 bridgehead atoms. The number of carbonyl (C=O) groups is 2. The van der Waals surface area contributed by atoms with E-state index in [2.05, 4.69) is 26.0 Å². The lowest BCUT2D eigenvalue weighted by atomic mass is 10.2. The highest BCUT2D eigenvalue weighted by Gasteiger charge is 2.20. The monoisotopic (exact) mass is 494 g/mol. The van der Waals surface area contributed by atoms with E-state index in [0.717, 1.165) is 15.8 Å². The second-order valence-electron chi connectivity index (χ2n) is 5.72. The van der Waals surface area contributed by atoms with Crippen LogP contribution in [0.25, 0.3) is 0 Å². The molecule has 2 N–H and O–H groups in total. The topological polar surface area (TPSA) is 102 Å². The van der Waals surface area contributed by atoms with E-state index in [1.54, 1.807) is 41.8 Å². The lowest BCUT2D eigenvalue weighted by Crippen LogP contribution is -2.22. The Morgan fingerprint density at radius 2 is 1.83 bits per heavy atom. The van der Waals surface area contributed by atoms with Crippen molar-refractivity contribution in [1.29, 1.82) is 0 Å². The maximum Gasteiger partial charge on any atom is 0.340 e. The van der Waals surface area contributed by atoms with E-state index in [0.29, 0.717) is 5.69 Å². The molecule has 0 radical (unpaired) electrons. The minimum Gasteiger partial charge on any atom is -0.452 e. The van der Waals surface area contributed by atoms with E-state index in [9.17, 15) is 18.0 Å². The smallest absolute Gasteiger partial charge is 0.340 e. The van der Waals surface area contributed by atoms with E-state index in [1.165, 1.54) is 18.2 Å². The van der Waals surface area contributed by atoms with Crippen LogP contribution in [0, 0.1) is 0 Å². The van der Waals surface area contributed by atoms with Gasteiger partial charge in [0.05, 0.1) is 11.3 Å². The Balaban J connectivity index is 1.66. The standard InChI is InChI=1S/C19H15BrN2O5S2/c20-13-5-3-6-14(11-13)21-17(23)12-27-19(24)15-7-1-2-8-16(15)22-29(25,26)18-9-4-10-28-18/h1-11,22H,12H2,(H,21,23). The second kappa shape index (κ2) is 9.21. The normalized spacial score (nSPS) is 10.9. The van der Waals surface area contributed by atoms with Crippen LogP contribution in [0.3, 0.4) is 0 Å². The number of anilines is 2. The number of thiophene rings is 1. The van der Waals surface area contributed by atoms with Gasteiger partial charge in [0.2, 0.25) is 0 Å². The summed E-state index contributed by atoms with van der Waals surface area (Å²) in [6.07, 6.45) is 0. The highest BCUT2D eigenvalue weighted by Crippen LogP contribution is 2.23. The van der Waals surface area contributed by atoms with Gasteiger partial charge in [-0.2, -0.15) is 0 Å². The van der Waals surface area contributed by atoms with Gasteiger partial charge in [-0.1, -0.05) is 40.2 Å². The predicted molar refractivity (Wildman–Crippen MR) is 115 cm³/mol. The molecule has 2 aromatic carbocycles. The zero-order valence-corrected chi connectivity index (χ0v) is 18.0. The molecule has 0 saturated heterocycles. The zero-order valence-electron chi connectivity index (χ0n) is 14.8. The van der Waals surface area contributed by atoms with E-state index < -0.39 is 28.5 Å². The van der Waals surface area contributed by atoms with Crippen molar-refractivity contribution in [3.05, 3.63) is 76.1 Å². The number of benzene rings is 2. The summed E-state index contributed by atoms with van der Waals surface area (Å²) in [7, 11) is -3.83. The van der Waals surface area contributed by atoms with Gasteiger partial charge < -0.3 is 10.1 Å². The number of halogens is 1. The number of ether oxygens (including phenoxy) is 1. The third kappa shape index (κ3) is 5.66. The first kappa shape index (κ1) is 21.0. The van der Waals surface area contributed by atoms with Gasteiger partial charge in [-0.15, -0.1) is 11.3 Å². The van der Waals surface area contributed by atoms with Crippen molar-refractivity contribution in [2.45, 2.75) is 4.21 Å². The highest BCUT2D eigenvalue weighted by atomic mass is 79.9. The third-order valence-electron chi connectivity index (χ3n) is 3.59. The molecule has 29 heavy (non-hydrogen) atoms. The van der Waals surface area contributed by atoms with Crippen molar-refractivity contribution in [1.82, 2.24) is 0 Å². The summed E-state index contributed by atoms with van der Waals surface area (Å²) in [6, 6.07) is 16.1. The number of rotatable bonds is 7. The Labute approximate surface area is 179 Å². The van der Waals surface area contributed by atoms with Crippen LogP contribution in [0.1, 0.15) is 10.4 Å². The molecule has 1 amide bonds. The molecule has 0 aliphatic heterocycles. The first-order valence-electron chi connectivity index (χ1n) is 8.23. The fourth-order valence-electron chi connectivity index (χ4n) is 2.33. The van der Waals surface area contributed by atoms with Crippen LogP contribution >= 0.6 is 27.3 Å². The second-order valence-corrected chi connectivity index (χ2v) is 9.49. The van der Waals surface area contributed by atoms with E-state index >= 15 is 0 Å². The van der Waals surface area contributed by atoms with Crippen LogP contribution in [-0.2, 0) is 19.6 Å². The Kier molecular flexibility index (Phi) is 6.68. The largest absolute Gasteiger partial charge is 0.452 e. The van der Waals surface area contributed by atoms with Gasteiger partial charge in [0.25, 0.3) is 15.9 Å². The van der Waals surface area contributed by atoms with Crippen molar-refractivity contribution in [2.24, 2.45) is 0 Å². The van der Waals surface area contributed by atoms with Crippen molar-refractivity contribution in [3.8, 4) is 0 Å². The van der Waals surface area contributed by atoms with Crippen molar-refractivity contribution < 1.29 is 22.7 Å². The summed E-state index contributed by atoms with van der Waals surface area (Å²) in [6.45, 7) is -0.517. The van der Waals surface area contributed by atoms with Crippen molar-refractivity contribution >= 4 is 60.5 Å². The fourth-order valence-corrected chi connectivity index (χ4v) is 4.81. The van der Waals surface area contributed by atoms with Crippen LogP contribution in [-0.4, -0.2) is 26.9 Å². The van der Waals surface area contributed by atoms with E-state index in [-0.39, 0.29) is 15.5 Å². The molecular weight excluding hydrogens is 480 g/mol. The summed E-state index contributed by atoms with van der Waals surface area (Å²) < 4.78 is 33.2. The van der Waals surface area contributed by atoms with Gasteiger partial charge in [-0.05, 0) is 41.8 Å². The summed E-state index contributed by atoms with van der Waals surface area (Å²) in [5.74, 6) is -1.34. The first-order chi connectivity index (χ1) is 13.8. The molecule has 0 unspecified atom stereocenters. The number of nitrogens with one attached hydrogen (secondary N) is 2. The van der Waals surface area contributed by atoms with Gasteiger partial charge in [0.1, 0.15) is 4.21 Å². The average Bonchev–Trinajstić information content (AvgIpc) is 3.22. The molecule has 7 nitrogen and oxygen atoms in total. The number of para-hydroxylation sites is 1. The molecule has 0 spiro atoms. The van der Waals surface area contributed by atoms with Crippen LogP contribution in [0.4, 0.5) is 11.4 Å². The highest BCUT2D eigenvalue weighted by molar-refractivity contribution is 9.10. The summed E-state index contributed by atoms with van der Waals surface area (Å²) in [5, 5.41) is 4.24. The molecule has 0 aliphatic rings. The molecule has 1 heterocycles. The Morgan fingerprint density at radius 3 is 2.55 bits per heavy atom. The van der Waals surface area contributed by atoms with Crippen molar-refractivity contribution in [3.63, 3.8) is 0 Å². The quantitative estimate of drug-likeness (QED) is 0.481. The summed E-state index contributed by atoms with van der Waals surface area (Å²) >= 11 is 4.36. The molecule has 150 valence electrons. The van der Waals surface area contributed by atoms with Gasteiger partial charge in [0.15, 0.2) is 6.61 Å². The fraction of sp³-hybridized carbons (Fsp3) is 0.0526. The lowest BCUT2D eigenvalue weighted by Gasteiger charge is -2.11. The minimum atomic E-state index is -3.83. The van der Waals surface area contributed by atoms with Gasteiger partial charge in [-0.3, -0.25) is 9.52 Å². The van der Waals surface area contributed by atoms with E-state index in [4.69, 9.17) is 4.74 Å². The minimum absolute atomic E-state index is 0.00267. The molecule has 10 heteroatoms. The average molecular weight is 495 g/mol. The molecule has 0 atom stereocenters. The number of hydrogen-bond donors (Lipinski definition) is 2. The van der Waals surface area contributed by atoms with Crippen LogP contribution in [0.5, 0.6) is 0 Å². The first-order valence-corrected chi connectivity index (χ1v) is 11.4. The lowest BCUT2D eigenvalue weighted by molar-refractivity contribution is -0.119. The van der Waals surface area contributed by atoms with Gasteiger partial charge >= 0.3 is 5.97 Å². The number of sulfonamides is 1. The summed E-state index contributed by atoms with van der Waals surface area (Å²) in [5.41, 5.74) is 0.616. The Hall–Kier alpha value is -2.69. The van der Waals surface area contributed by atoms with Gasteiger partial charge in [0, 0.05) is 10.2 Å². The molecule has 0 aliphatic carbocycles. The Morgan fingerprint density at radius 1 is 1.03 bits per heavy atom. The van der Waals surface area contributed by atoms with Crippen LogP contribution in [0.2, 0.25) is 0 Å². The molecule has 0 saturated carbocycles. The maximum atomic E-state index is 12.4. The number of hydrogen-bond acceptors (Lipinski definition) is 6. The summed E-state index contributed by atoms with van der Waals surface area (Å²) in [4.78, 5) is 24.4. The maximum absolute atomic E-state index is 12.4. The molecule has 1 aromatic heterocycles. The SMILES string of the molecule is O=C(COC(=O)c1ccccc1NS(=O)(=O)c1cccs1)Nc1cccc(Br)c1. The predicted octanol–water partition coefficient (Wildman–Crippen LogP) is 4.11. The van der Waals surface area contributed by atoms with Crippen molar-refractivity contribution in [2.75, 3.05) is 16.6 Å². The van der Waals surface area contributed by atoms with Gasteiger partial charge in [-0.25, -0.2) is 13.2 Å². The molecular formula is C19H15BrN2O5S2. The van der Waals surface area contributed by atoms with E-state index in [1.807, 2.05) is 6.07 Å².